The molecule has 1 unspecified atom stereocenters. The molecule has 2 nitrogen and oxygen atoms in total. The minimum Gasteiger partial charge on any atom is -0.490 e. The zero-order valence-electron chi connectivity index (χ0n) is 12.7. The van der Waals surface area contributed by atoms with Gasteiger partial charge in [-0.25, -0.2) is 0 Å². The van der Waals surface area contributed by atoms with Crippen LogP contribution in [0.2, 0.25) is 0 Å². The van der Waals surface area contributed by atoms with Crippen LogP contribution >= 0.6 is 0 Å². The predicted molar refractivity (Wildman–Crippen MR) is 83.4 cm³/mol. The lowest BCUT2D eigenvalue weighted by Crippen LogP contribution is -2.17. The van der Waals surface area contributed by atoms with E-state index in [2.05, 4.69) is 30.4 Å². The second-order valence-electron chi connectivity index (χ2n) is 6.47. The molecule has 0 saturated heterocycles. The van der Waals surface area contributed by atoms with Gasteiger partial charge in [-0.1, -0.05) is 25.0 Å². The van der Waals surface area contributed by atoms with E-state index in [1.54, 1.807) is 0 Å². The van der Waals surface area contributed by atoms with Gasteiger partial charge in [0.2, 0.25) is 0 Å². The molecule has 0 bridgehead atoms. The Morgan fingerprint density at radius 3 is 2.85 bits per heavy atom. The molecule has 20 heavy (non-hydrogen) atoms. The van der Waals surface area contributed by atoms with Crippen LogP contribution in [0.3, 0.4) is 0 Å². The largest absolute Gasteiger partial charge is 0.490 e. The molecule has 1 aromatic rings. The van der Waals surface area contributed by atoms with E-state index in [0.29, 0.717) is 6.10 Å². The summed E-state index contributed by atoms with van der Waals surface area (Å²) in [5.74, 6) is 1.10. The van der Waals surface area contributed by atoms with Gasteiger partial charge in [0.15, 0.2) is 0 Å². The van der Waals surface area contributed by atoms with Gasteiger partial charge in [-0.3, -0.25) is 0 Å². The fourth-order valence-corrected chi connectivity index (χ4v) is 3.03. The molecule has 2 aliphatic rings. The monoisotopic (exact) mass is 273 g/mol. The van der Waals surface area contributed by atoms with Gasteiger partial charge >= 0.3 is 0 Å². The van der Waals surface area contributed by atoms with E-state index < -0.39 is 0 Å². The van der Waals surface area contributed by atoms with Crippen LogP contribution in [0.25, 0.3) is 0 Å². The summed E-state index contributed by atoms with van der Waals surface area (Å²) in [5.41, 5.74) is 2.89. The molecule has 1 aliphatic carbocycles. The quantitative estimate of drug-likeness (QED) is 0.726. The summed E-state index contributed by atoms with van der Waals surface area (Å²) in [7, 11) is 0. The average molecular weight is 273 g/mol. The molecule has 1 fully saturated rings. The third kappa shape index (κ3) is 3.99. The Balaban J connectivity index is 1.31. The lowest BCUT2D eigenvalue weighted by atomic mass is 10.0. The van der Waals surface area contributed by atoms with E-state index in [9.17, 15) is 0 Å². The van der Waals surface area contributed by atoms with Crippen molar-refractivity contribution in [3.05, 3.63) is 29.3 Å². The number of unbranched alkanes of at least 4 members (excludes halogenated alkanes) is 3. The van der Waals surface area contributed by atoms with Crippen molar-refractivity contribution in [2.75, 3.05) is 6.54 Å². The van der Waals surface area contributed by atoms with Gasteiger partial charge in [0, 0.05) is 12.5 Å². The molecule has 1 heterocycles. The zero-order valence-corrected chi connectivity index (χ0v) is 12.7. The maximum Gasteiger partial charge on any atom is 0.123 e. The Morgan fingerprint density at radius 1 is 1.15 bits per heavy atom. The lowest BCUT2D eigenvalue weighted by molar-refractivity contribution is 0.254. The molecule has 1 atom stereocenters. The fourth-order valence-electron chi connectivity index (χ4n) is 3.03. The highest BCUT2D eigenvalue weighted by atomic mass is 16.5. The zero-order chi connectivity index (χ0) is 13.8. The van der Waals surface area contributed by atoms with Crippen LogP contribution in [0, 0.1) is 0 Å². The predicted octanol–water partition coefficient (Wildman–Crippen LogP) is 3.86. The summed E-state index contributed by atoms with van der Waals surface area (Å²) in [6, 6.07) is 7.62. The van der Waals surface area contributed by atoms with Crippen LogP contribution in [0.15, 0.2) is 18.2 Å². The van der Waals surface area contributed by atoms with Crippen molar-refractivity contribution in [3.8, 4) is 5.75 Å². The van der Waals surface area contributed by atoms with Crippen molar-refractivity contribution in [2.24, 2.45) is 0 Å². The molecule has 0 radical (unpaired) electrons. The molecule has 3 rings (SSSR count). The van der Waals surface area contributed by atoms with Gasteiger partial charge in [0.1, 0.15) is 11.9 Å². The van der Waals surface area contributed by atoms with Gasteiger partial charge in [0.25, 0.3) is 0 Å². The molecular weight excluding hydrogens is 246 g/mol. The summed E-state index contributed by atoms with van der Waals surface area (Å²) in [5, 5.41) is 3.58. The van der Waals surface area contributed by atoms with Crippen LogP contribution in [0.5, 0.6) is 5.75 Å². The minimum absolute atomic E-state index is 0.360. The van der Waals surface area contributed by atoms with E-state index in [-0.39, 0.29) is 0 Å². The summed E-state index contributed by atoms with van der Waals surface area (Å²) in [6.07, 6.45) is 10.8. The second-order valence-corrected chi connectivity index (χ2v) is 6.47. The van der Waals surface area contributed by atoms with Crippen LogP contribution < -0.4 is 10.1 Å². The smallest absolute Gasteiger partial charge is 0.123 e. The Morgan fingerprint density at radius 2 is 2.00 bits per heavy atom. The minimum atomic E-state index is 0.360. The number of fused-ring (bicyclic) bond motifs is 1. The molecule has 1 aromatic carbocycles. The van der Waals surface area contributed by atoms with Crippen LogP contribution in [-0.4, -0.2) is 18.7 Å². The Bertz CT molecular complexity index is 439. The molecule has 0 spiro atoms. The first-order chi connectivity index (χ1) is 9.81. The number of rotatable bonds is 8. The van der Waals surface area contributed by atoms with Gasteiger partial charge in [-0.2, -0.15) is 0 Å². The lowest BCUT2D eigenvalue weighted by Gasteiger charge is -2.05. The van der Waals surface area contributed by atoms with Crippen molar-refractivity contribution >= 4 is 0 Å². The summed E-state index contributed by atoms with van der Waals surface area (Å²) in [4.78, 5) is 0. The third-order valence-electron chi connectivity index (χ3n) is 4.36. The van der Waals surface area contributed by atoms with Crippen molar-refractivity contribution in [2.45, 2.75) is 70.4 Å². The van der Waals surface area contributed by atoms with E-state index >= 15 is 0 Å². The van der Waals surface area contributed by atoms with Crippen LogP contribution in [0.1, 0.15) is 56.6 Å². The molecular formula is C18H27NO. The maximum atomic E-state index is 5.75. The first kappa shape index (κ1) is 13.9. The number of aryl methyl sites for hydroxylation is 1. The van der Waals surface area contributed by atoms with E-state index in [4.69, 9.17) is 4.74 Å². The number of nitrogens with one attached hydrogen (secondary N) is 1. The van der Waals surface area contributed by atoms with Crippen LogP contribution in [-0.2, 0) is 12.8 Å². The summed E-state index contributed by atoms with van der Waals surface area (Å²) in [6.45, 7) is 3.37. The molecule has 1 aliphatic heterocycles. The van der Waals surface area contributed by atoms with E-state index in [1.807, 2.05) is 0 Å². The highest BCUT2D eigenvalue weighted by molar-refractivity contribution is 5.40. The Kier molecular flexibility index (Phi) is 4.62. The van der Waals surface area contributed by atoms with Crippen molar-refractivity contribution in [1.29, 1.82) is 0 Å². The van der Waals surface area contributed by atoms with Gasteiger partial charge < -0.3 is 10.1 Å². The van der Waals surface area contributed by atoms with E-state index in [1.165, 1.54) is 62.6 Å². The van der Waals surface area contributed by atoms with E-state index in [0.717, 1.165) is 18.2 Å². The van der Waals surface area contributed by atoms with Gasteiger partial charge in [0.05, 0.1) is 0 Å². The average Bonchev–Trinajstić information content (AvgIpc) is 3.17. The number of hydrogen-bond donors (Lipinski definition) is 1. The molecule has 0 aromatic heterocycles. The third-order valence-corrected chi connectivity index (χ3v) is 4.36. The van der Waals surface area contributed by atoms with Gasteiger partial charge in [-0.05, 0) is 62.8 Å². The highest BCUT2D eigenvalue weighted by Gasteiger charge is 2.19. The maximum absolute atomic E-state index is 5.75. The Hall–Kier alpha value is -1.02. The molecule has 1 saturated carbocycles. The molecule has 1 N–H and O–H groups in total. The highest BCUT2D eigenvalue weighted by Crippen LogP contribution is 2.29. The molecule has 2 heteroatoms. The number of hydrogen-bond acceptors (Lipinski definition) is 2. The fraction of sp³-hybridized carbons (Fsp3) is 0.667. The Labute approximate surface area is 122 Å². The molecule has 0 amide bonds. The van der Waals surface area contributed by atoms with Gasteiger partial charge in [-0.15, -0.1) is 0 Å². The topological polar surface area (TPSA) is 21.3 Å². The number of ether oxygens (including phenoxy) is 1. The normalized spacial score (nSPS) is 20.8. The second kappa shape index (κ2) is 6.62. The first-order valence-electron chi connectivity index (χ1n) is 8.33. The standard InChI is InChI=1S/C18H27NO/c1-14-12-16-13-15(7-10-18(16)20-14)6-4-2-3-5-11-19-17-8-9-17/h7,10,13-14,17,19H,2-6,8-9,11-12H2,1H3. The SMILES string of the molecule is CC1Cc2cc(CCCCCCNC3CC3)ccc2O1. The summed E-state index contributed by atoms with van der Waals surface area (Å²) < 4.78 is 5.75. The number of benzene rings is 1. The first-order valence-corrected chi connectivity index (χ1v) is 8.33. The summed E-state index contributed by atoms with van der Waals surface area (Å²) >= 11 is 0. The van der Waals surface area contributed by atoms with Crippen molar-refractivity contribution in [1.82, 2.24) is 5.32 Å². The van der Waals surface area contributed by atoms with Crippen molar-refractivity contribution < 1.29 is 4.74 Å². The van der Waals surface area contributed by atoms with Crippen LogP contribution in [0.4, 0.5) is 0 Å². The molecule has 110 valence electrons. The van der Waals surface area contributed by atoms with Crippen molar-refractivity contribution in [3.63, 3.8) is 0 Å².